The van der Waals surface area contributed by atoms with Crippen molar-refractivity contribution in [1.82, 2.24) is 14.9 Å². The molecule has 154 valence electrons. The topological polar surface area (TPSA) is 119 Å². The SMILES string of the molecule is CCN1/C(=C(/C#N)c2nc(C#N)c(C#N)nc2N2CCN(C)CC2)Nc2ccccc21. The smallest absolute Gasteiger partial charge is 0.179 e. The average Bonchev–Trinajstić information content (AvgIpc) is 3.18. The van der Waals surface area contributed by atoms with Gasteiger partial charge in [0.15, 0.2) is 17.2 Å². The number of nitrogens with one attached hydrogen (secondary N) is 1. The predicted molar refractivity (Wildman–Crippen MR) is 117 cm³/mol. The third-order valence-electron chi connectivity index (χ3n) is 5.51. The Hall–Kier alpha value is -4.13. The number of allylic oxidation sites excluding steroid dienone is 1. The molecule has 1 aromatic carbocycles. The van der Waals surface area contributed by atoms with Crippen LogP contribution in [-0.2, 0) is 0 Å². The quantitative estimate of drug-likeness (QED) is 0.757. The molecule has 0 bridgehead atoms. The number of likely N-dealkylation sites (N-methyl/N-ethyl adjacent to an activating group) is 1. The van der Waals surface area contributed by atoms with Crippen LogP contribution in [-0.4, -0.2) is 54.6 Å². The van der Waals surface area contributed by atoms with Crippen molar-refractivity contribution in [2.45, 2.75) is 6.92 Å². The van der Waals surface area contributed by atoms with E-state index in [0.717, 1.165) is 24.5 Å². The number of para-hydroxylation sites is 2. The van der Waals surface area contributed by atoms with Gasteiger partial charge in [0, 0.05) is 32.7 Å². The molecular formula is C22H21N9. The van der Waals surface area contributed by atoms with Gasteiger partial charge in [0.25, 0.3) is 0 Å². The fourth-order valence-electron chi connectivity index (χ4n) is 3.86. The van der Waals surface area contributed by atoms with Crippen molar-refractivity contribution in [3.8, 4) is 18.2 Å². The molecule has 2 aliphatic rings. The Kier molecular flexibility index (Phi) is 5.41. The van der Waals surface area contributed by atoms with Crippen LogP contribution in [0.1, 0.15) is 24.0 Å². The zero-order valence-corrected chi connectivity index (χ0v) is 17.4. The molecule has 9 heteroatoms. The summed E-state index contributed by atoms with van der Waals surface area (Å²) < 4.78 is 0. The summed E-state index contributed by atoms with van der Waals surface area (Å²) in [6.45, 7) is 5.68. The first kappa shape index (κ1) is 20.2. The Morgan fingerprint density at radius 3 is 2.35 bits per heavy atom. The number of hydrogen-bond acceptors (Lipinski definition) is 9. The largest absolute Gasteiger partial charge is 0.352 e. The van der Waals surface area contributed by atoms with Gasteiger partial charge in [-0.3, -0.25) is 0 Å². The molecule has 0 atom stereocenters. The fraction of sp³-hybridized carbons (Fsp3) is 0.318. The monoisotopic (exact) mass is 411 g/mol. The van der Waals surface area contributed by atoms with Gasteiger partial charge in [0.1, 0.15) is 35.3 Å². The molecule has 0 unspecified atom stereocenters. The lowest BCUT2D eigenvalue weighted by Crippen LogP contribution is -2.45. The summed E-state index contributed by atoms with van der Waals surface area (Å²) in [6, 6.07) is 14.0. The number of benzene rings is 1. The number of nitrogens with zero attached hydrogens (tertiary/aromatic N) is 8. The Balaban J connectivity index is 1.91. The molecule has 0 saturated carbocycles. The van der Waals surface area contributed by atoms with E-state index in [1.54, 1.807) is 0 Å². The summed E-state index contributed by atoms with van der Waals surface area (Å²) in [5.74, 6) is 1.06. The molecule has 0 amide bonds. The van der Waals surface area contributed by atoms with E-state index in [4.69, 9.17) is 0 Å². The molecule has 9 nitrogen and oxygen atoms in total. The summed E-state index contributed by atoms with van der Waals surface area (Å²) >= 11 is 0. The minimum absolute atomic E-state index is 0.0301. The van der Waals surface area contributed by atoms with Gasteiger partial charge in [0.2, 0.25) is 0 Å². The van der Waals surface area contributed by atoms with Crippen LogP contribution in [0.4, 0.5) is 17.2 Å². The number of fused-ring (bicyclic) bond motifs is 1. The molecule has 0 aliphatic carbocycles. The van der Waals surface area contributed by atoms with Crippen molar-refractivity contribution in [3.05, 3.63) is 47.2 Å². The van der Waals surface area contributed by atoms with Crippen LogP contribution < -0.4 is 15.1 Å². The van der Waals surface area contributed by atoms with Crippen molar-refractivity contribution < 1.29 is 0 Å². The zero-order chi connectivity index (χ0) is 22.0. The van der Waals surface area contributed by atoms with Gasteiger partial charge in [0.05, 0.1) is 11.4 Å². The lowest BCUT2D eigenvalue weighted by molar-refractivity contribution is 0.312. The van der Waals surface area contributed by atoms with E-state index >= 15 is 0 Å². The van der Waals surface area contributed by atoms with Crippen LogP contribution in [0.3, 0.4) is 0 Å². The third kappa shape index (κ3) is 3.50. The molecule has 4 rings (SSSR count). The molecule has 3 heterocycles. The molecule has 1 N–H and O–H groups in total. The van der Waals surface area contributed by atoms with E-state index in [0.29, 0.717) is 42.5 Å². The summed E-state index contributed by atoms with van der Waals surface area (Å²) in [5.41, 5.74) is 2.36. The van der Waals surface area contributed by atoms with Crippen LogP contribution in [0.2, 0.25) is 0 Å². The number of piperazine rings is 1. The Morgan fingerprint density at radius 2 is 1.71 bits per heavy atom. The molecular weight excluding hydrogens is 390 g/mol. The molecule has 1 saturated heterocycles. The minimum Gasteiger partial charge on any atom is -0.352 e. The van der Waals surface area contributed by atoms with Crippen molar-refractivity contribution in [3.63, 3.8) is 0 Å². The Labute approximate surface area is 181 Å². The zero-order valence-electron chi connectivity index (χ0n) is 17.4. The highest BCUT2D eigenvalue weighted by Gasteiger charge is 2.30. The van der Waals surface area contributed by atoms with Crippen molar-refractivity contribution >= 4 is 22.8 Å². The van der Waals surface area contributed by atoms with Gasteiger partial charge >= 0.3 is 0 Å². The van der Waals surface area contributed by atoms with Gasteiger partial charge in [-0.05, 0) is 26.1 Å². The van der Waals surface area contributed by atoms with E-state index in [-0.39, 0.29) is 11.4 Å². The lowest BCUT2D eigenvalue weighted by Gasteiger charge is -2.34. The predicted octanol–water partition coefficient (Wildman–Crippen LogP) is 2.12. The van der Waals surface area contributed by atoms with E-state index < -0.39 is 0 Å². The molecule has 1 aromatic heterocycles. The maximum absolute atomic E-state index is 10.2. The summed E-state index contributed by atoms with van der Waals surface area (Å²) in [4.78, 5) is 15.2. The van der Waals surface area contributed by atoms with Gasteiger partial charge in [-0.15, -0.1) is 0 Å². The first-order chi connectivity index (χ1) is 15.1. The third-order valence-corrected chi connectivity index (χ3v) is 5.51. The van der Waals surface area contributed by atoms with Crippen LogP contribution in [0.5, 0.6) is 0 Å². The highest BCUT2D eigenvalue weighted by atomic mass is 15.3. The Morgan fingerprint density at radius 1 is 1.03 bits per heavy atom. The van der Waals surface area contributed by atoms with E-state index in [1.165, 1.54) is 0 Å². The van der Waals surface area contributed by atoms with Crippen molar-refractivity contribution in [1.29, 1.82) is 15.8 Å². The highest BCUT2D eigenvalue weighted by molar-refractivity contribution is 5.93. The summed E-state index contributed by atoms with van der Waals surface area (Å²) in [5, 5.41) is 32.5. The summed E-state index contributed by atoms with van der Waals surface area (Å²) in [7, 11) is 2.05. The van der Waals surface area contributed by atoms with Gasteiger partial charge in [-0.2, -0.15) is 15.8 Å². The minimum atomic E-state index is -0.0812. The van der Waals surface area contributed by atoms with E-state index in [2.05, 4.69) is 26.3 Å². The van der Waals surface area contributed by atoms with E-state index in [1.807, 2.05) is 60.2 Å². The van der Waals surface area contributed by atoms with Gasteiger partial charge in [-0.1, -0.05) is 12.1 Å². The van der Waals surface area contributed by atoms with Crippen LogP contribution in [0, 0.1) is 34.0 Å². The van der Waals surface area contributed by atoms with Gasteiger partial charge in [-0.25, -0.2) is 9.97 Å². The standard InChI is InChI=1S/C22H21N9/c1-3-31-19-7-5-4-6-16(19)27-21(31)15(12-23)20-22(30-10-8-29(2)9-11-30)28-18(14-25)17(13-24)26-20/h4-7,27H,3,8-11H2,1-2H3/b21-15-. The number of rotatable bonds is 3. The second-order valence-corrected chi connectivity index (χ2v) is 7.33. The molecule has 1 fully saturated rings. The normalized spacial score (nSPS) is 17.3. The maximum Gasteiger partial charge on any atom is 0.179 e. The first-order valence-corrected chi connectivity index (χ1v) is 10.0. The van der Waals surface area contributed by atoms with Crippen molar-refractivity contribution in [2.75, 3.05) is 54.9 Å². The maximum atomic E-state index is 10.2. The van der Waals surface area contributed by atoms with Crippen LogP contribution in [0.15, 0.2) is 30.1 Å². The summed E-state index contributed by atoms with van der Waals surface area (Å²) in [6.07, 6.45) is 0. The van der Waals surface area contributed by atoms with Crippen LogP contribution >= 0.6 is 0 Å². The average molecular weight is 411 g/mol. The second kappa shape index (κ2) is 8.31. The lowest BCUT2D eigenvalue weighted by atomic mass is 10.1. The Bertz CT molecular complexity index is 1170. The van der Waals surface area contributed by atoms with Crippen molar-refractivity contribution in [2.24, 2.45) is 0 Å². The van der Waals surface area contributed by atoms with Gasteiger partial charge < -0.3 is 20.0 Å². The number of anilines is 3. The number of aromatic nitrogens is 2. The highest BCUT2D eigenvalue weighted by Crippen LogP contribution is 2.39. The first-order valence-electron chi connectivity index (χ1n) is 10.0. The molecule has 0 radical (unpaired) electrons. The van der Waals surface area contributed by atoms with Crippen LogP contribution in [0.25, 0.3) is 5.57 Å². The number of nitriles is 3. The molecule has 2 aliphatic heterocycles. The second-order valence-electron chi connectivity index (χ2n) is 7.33. The molecule has 31 heavy (non-hydrogen) atoms. The number of hydrogen-bond donors (Lipinski definition) is 1. The molecule has 2 aromatic rings. The molecule has 0 spiro atoms. The van der Waals surface area contributed by atoms with E-state index in [9.17, 15) is 15.8 Å². The fourth-order valence-corrected chi connectivity index (χ4v) is 3.86.